The van der Waals surface area contributed by atoms with Crippen LogP contribution in [-0.2, 0) is 6.54 Å². The van der Waals surface area contributed by atoms with E-state index in [0.717, 1.165) is 18.3 Å². The van der Waals surface area contributed by atoms with Crippen molar-refractivity contribution in [2.75, 3.05) is 19.4 Å². The number of anilines is 1. The lowest BCUT2D eigenvalue weighted by Crippen LogP contribution is -2.30. The quantitative estimate of drug-likeness (QED) is 0.824. The molecule has 0 bridgehead atoms. The zero-order valence-corrected chi connectivity index (χ0v) is 10.4. The summed E-state index contributed by atoms with van der Waals surface area (Å²) >= 11 is 0. The minimum absolute atomic E-state index is 0.685. The highest BCUT2D eigenvalue weighted by Crippen LogP contribution is 2.35. The van der Waals surface area contributed by atoms with Crippen molar-refractivity contribution >= 4 is 5.82 Å². The standard InChI is InChI=1S/C13H21N3/c1-10(11-6-7-11)16(3)9-12-5-4-8-15-13(12)14-2/h4-5,8,10-11H,6-7,9H2,1-3H3,(H,14,15). The molecule has 1 heterocycles. The minimum atomic E-state index is 0.685. The average Bonchev–Trinajstić information content (AvgIpc) is 3.12. The lowest BCUT2D eigenvalue weighted by atomic mass is 10.1. The van der Waals surface area contributed by atoms with E-state index in [-0.39, 0.29) is 0 Å². The maximum absolute atomic E-state index is 4.33. The molecule has 1 aliphatic carbocycles. The van der Waals surface area contributed by atoms with Crippen LogP contribution < -0.4 is 5.32 Å². The molecule has 0 saturated heterocycles. The summed E-state index contributed by atoms with van der Waals surface area (Å²) in [7, 11) is 4.13. The van der Waals surface area contributed by atoms with Crippen molar-refractivity contribution in [1.29, 1.82) is 0 Å². The molecule has 3 heteroatoms. The Labute approximate surface area is 97.9 Å². The molecule has 16 heavy (non-hydrogen) atoms. The molecule has 1 aliphatic rings. The van der Waals surface area contributed by atoms with E-state index in [1.807, 2.05) is 19.3 Å². The van der Waals surface area contributed by atoms with Crippen molar-refractivity contribution in [2.45, 2.75) is 32.4 Å². The highest BCUT2D eigenvalue weighted by atomic mass is 15.1. The first-order valence-corrected chi connectivity index (χ1v) is 6.04. The lowest BCUT2D eigenvalue weighted by molar-refractivity contribution is 0.226. The second-order valence-corrected chi connectivity index (χ2v) is 4.75. The molecule has 1 saturated carbocycles. The van der Waals surface area contributed by atoms with Gasteiger partial charge < -0.3 is 5.32 Å². The number of aromatic nitrogens is 1. The molecule has 3 nitrogen and oxygen atoms in total. The first-order valence-electron chi connectivity index (χ1n) is 6.04. The fourth-order valence-corrected chi connectivity index (χ4v) is 2.14. The number of hydrogen-bond donors (Lipinski definition) is 1. The first-order chi connectivity index (χ1) is 7.72. The van der Waals surface area contributed by atoms with Gasteiger partial charge in [-0.3, -0.25) is 4.90 Å². The molecule has 0 amide bonds. The van der Waals surface area contributed by atoms with E-state index in [2.05, 4.69) is 35.2 Å². The smallest absolute Gasteiger partial charge is 0.130 e. The molecule has 0 aliphatic heterocycles. The van der Waals surface area contributed by atoms with Gasteiger partial charge in [-0.05, 0) is 38.8 Å². The summed E-state index contributed by atoms with van der Waals surface area (Å²) in [6, 6.07) is 4.84. The predicted molar refractivity (Wildman–Crippen MR) is 67.4 cm³/mol. The van der Waals surface area contributed by atoms with Crippen LogP contribution in [0.1, 0.15) is 25.3 Å². The van der Waals surface area contributed by atoms with Gasteiger partial charge in [0.15, 0.2) is 0 Å². The highest BCUT2D eigenvalue weighted by molar-refractivity contribution is 5.42. The predicted octanol–water partition coefficient (Wildman–Crippen LogP) is 2.35. The lowest BCUT2D eigenvalue weighted by Gasteiger charge is -2.25. The third kappa shape index (κ3) is 2.53. The Hall–Kier alpha value is -1.09. The van der Waals surface area contributed by atoms with E-state index in [1.54, 1.807) is 0 Å². The highest BCUT2D eigenvalue weighted by Gasteiger charge is 2.30. The summed E-state index contributed by atoms with van der Waals surface area (Å²) in [5.41, 5.74) is 1.28. The van der Waals surface area contributed by atoms with Crippen LogP contribution in [-0.4, -0.2) is 30.0 Å². The van der Waals surface area contributed by atoms with Gasteiger partial charge >= 0.3 is 0 Å². The molecule has 1 N–H and O–H groups in total. The fourth-order valence-electron chi connectivity index (χ4n) is 2.14. The summed E-state index contributed by atoms with van der Waals surface area (Å²) in [6.07, 6.45) is 4.63. The van der Waals surface area contributed by atoms with E-state index in [0.29, 0.717) is 6.04 Å². The zero-order valence-electron chi connectivity index (χ0n) is 10.4. The molecule has 1 unspecified atom stereocenters. The van der Waals surface area contributed by atoms with E-state index in [4.69, 9.17) is 0 Å². The van der Waals surface area contributed by atoms with E-state index in [1.165, 1.54) is 18.4 Å². The molecule has 0 spiro atoms. The molecule has 1 aromatic heterocycles. The van der Waals surface area contributed by atoms with Crippen molar-refractivity contribution < 1.29 is 0 Å². The normalized spacial score (nSPS) is 17.5. The molecular weight excluding hydrogens is 198 g/mol. The second kappa shape index (κ2) is 4.83. The van der Waals surface area contributed by atoms with Gasteiger partial charge in [0.25, 0.3) is 0 Å². The van der Waals surface area contributed by atoms with Crippen LogP contribution in [0.15, 0.2) is 18.3 Å². The van der Waals surface area contributed by atoms with Gasteiger partial charge in [-0.15, -0.1) is 0 Å². The van der Waals surface area contributed by atoms with Gasteiger partial charge in [-0.1, -0.05) is 6.07 Å². The SMILES string of the molecule is CNc1ncccc1CN(C)C(C)C1CC1. The molecule has 0 aromatic carbocycles. The molecule has 0 radical (unpaired) electrons. The topological polar surface area (TPSA) is 28.2 Å². The van der Waals surface area contributed by atoms with Crippen LogP contribution in [0.4, 0.5) is 5.82 Å². The third-order valence-electron chi connectivity index (χ3n) is 3.55. The minimum Gasteiger partial charge on any atom is -0.373 e. The van der Waals surface area contributed by atoms with Crippen molar-refractivity contribution in [1.82, 2.24) is 9.88 Å². The van der Waals surface area contributed by atoms with Crippen LogP contribution in [0.2, 0.25) is 0 Å². The van der Waals surface area contributed by atoms with Crippen LogP contribution >= 0.6 is 0 Å². The van der Waals surface area contributed by atoms with Gasteiger partial charge in [0.2, 0.25) is 0 Å². The second-order valence-electron chi connectivity index (χ2n) is 4.75. The van der Waals surface area contributed by atoms with Crippen molar-refractivity contribution in [3.05, 3.63) is 23.9 Å². The van der Waals surface area contributed by atoms with E-state index < -0.39 is 0 Å². The number of rotatable bonds is 5. The summed E-state index contributed by atoms with van der Waals surface area (Å²) in [6.45, 7) is 3.30. The number of nitrogens with one attached hydrogen (secondary N) is 1. The molecule has 1 fully saturated rings. The average molecular weight is 219 g/mol. The fraction of sp³-hybridized carbons (Fsp3) is 0.615. The molecule has 1 atom stereocenters. The maximum Gasteiger partial charge on any atom is 0.130 e. The Morgan fingerprint density at radius 2 is 2.31 bits per heavy atom. The Morgan fingerprint density at radius 3 is 2.94 bits per heavy atom. The Bertz CT molecular complexity index is 347. The van der Waals surface area contributed by atoms with Crippen LogP contribution in [0.5, 0.6) is 0 Å². The number of pyridine rings is 1. The molecular formula is C13H21N3. The third-order valence-corrected chi connectivity index (χ3v) is 3.55. The van der Waals surface area contributed by atoms with Crippen molar-refractivity contribution in [2.24, 2.45) is 5.92 Å². The molecule has 2 rings (SSSR count). The van der Waals surface area contributed by atoms with Crippen molar-refractivity contribution in [3.63, 3.8) is 0 Å². The van der Waals surface area contributed by atoms with Gasteiger partial charge in [-0.2, -0.15) is 0 Å². The summed E-state index contributed by atoms with van der Waals surface area (Å²) < 4.78 is 0. The van der Waals surface area contributed by atoms with Gasteiger partial charge in [-0.25, -0.2) is 4.98 Å². The van der Waals surface area contributed by atoms with Gasteiger partial charge in [0, 0.05) is 31.4 Å². The van der Waals surface area contributed by atoms with Crippen LogP contribution in [0.25, 0.3) is 0 Å². The Morgan fingerprint density at radius 1 is 1.56 bits per heavy atom. The zero-order chi connectivity index (χ0) is 11.5. The monoisotopic (exact) mass is 219 g/mol. The Kier molecular flexibility index (Phi) is 3.44. The summed E-state index contributed by atoms with van der Waals surface area (Å²) in [5.74, 6) is 1.91. The first kappa shape index (κ1) is 11.4. The van der Waals surface area contributed by atoms with Gasteiger partial charge in [0.05, 0.1) is 0 Å². The summed E-state index contributed by atoms with van der Waals surface area (Å²) in [4.78, 5) is 6.76. The van der Waals surface area contributed by atoms with E-state index in [9.17, 15) is 0 Å². The molecule has 1 aromatic rings. The van der Waals surface area contributed by atoms with Crippen LogP contribution in [0, 0.1) is 5.92 Å². The van der Waals surface area contributed by atoms with Crippen LogP contribution in [0.3, 0.4) is 0 Å². The maximum atomic E-state index is 4.33. The summed E-state index contributed by atoms with van der Waals surface area (Å²) in [5, 5.41) is 3.15. The van der Waals surface area contributed by atoms with Crippen molar-refractivity contribution in [3.8, 4) is 0 Å². The van der Waals surface area contributed by atoms with E-state index >= 15 is 0 Å². The number of nitrogens with zero attached hydrogens (tertiary/aromatic N) is 2. The Balaban J connectivity index is 2.01. The molecule has 88 valence electrons. The number of hydrogen-bond acceptors (Lipinski definition) is 3. The van der Waals surface area contributed by atoms with Gasteiger partial charge in [0.1, 0.15) is 5.82 Å². The largest absolute Gasteiger partial charge is 0.373 e.